The summed E-state index contributed by atoms with van der Waals surface area (Å²) in [5.41, 5.74) is 0. The fraction of sp³-hybridized carbons (Fsp3) is 0.941. The SMILES string of the molecule is COC(=O)[C@@H]1OC2(CCCCC2)O[C@@H]1CO[Si](C)(C)C(C)(C)C. The minimum absolute atomic E-state index is 0.121. The van der Waals surface area contributed by atoms with Crippen LogP contribution in [0.25, 0.3) is 0 Å². The van der Waals surface area contributed by atoms with Gasteiger partial charge >= 0.3 is 5.97 Å². The van der Waals surface area contributed by atoms with Crippen molar-refractivity contribution in [2.75, 3.05) is 13.7 Å². The maximum Gasteiger partial charge on any atom is 0.337 e. The van der Waals surface area contributed by atoms with Crippen LogP contribution in [0.5, 0.6) is 0 Å². The van der Waals surface area contributed by atoms with Gasteiger partial charge in [-0.15, -0.1) is 0 Å². The van der Waals surface area contributed by atoms with E-state index in [0.717, 1.165) is 25.7 Å². The summed E-state index contributed by atoms with van der Waals surface area (Å²) >= 11 is 0. The van der Waals surface area contributed by atoms with Gasteiger partial charge in [-0.05, 0) is 31.0 Å². The number of esters is 1. The molecule has 0 N–H and O–H groups in total. The third-order valence-electron chi connectivity index (χ3n) is 5.51. The van der Waals surface area contributed by atoms with Crippen molar-refractivity contribution < 1.29 is 23.4 Å². The molecule has 6 heteroatoms. The quantitative estimate of drug-likeness (QED) is 0.576. The van der Waals surface area contributed by atoms with Gasteiger partial charge < -0.3 is 18.6 Å². The Bertz CT molecular complexity index is 423. The summed E-state index contributed by atoms with van der Waals surface area (Å²) in [4.78, 5) is 12.1. The third kappa shape index (κ3) is 4.16. The van der Waals surface area contributed by atoms with Crippen LogP contribution in [0.15, 0.2) is 0 Å². The molecule has 2 aliphatic rings. The van der Waals surface area contributed by atoms with Gasteiger partial charge in [0.25, 0.3) is 0 Å². The molecule has 0 aromatic carbocycles. The zero-order valence-corrected chi connectivity index (χ0v) is 16.4. The van der Waals surface area contributed by atoms with E-state index in [1.54, 1.807) is 0 Å². The molecule has 0 aromatic rings. The van der Waals surface area contributed by atoms with E-state index in [-0.39, 0.29) is 17.1 Å². The van der Waals surface area contributed by atoms with E-state index in [1.165, 1.54) is 13.5 Å². The zero-order chi connectivity index (χ0) is 17.3. The van der Waals surface area contributed by atoms with E-state index < -0.39 is 20.2 Å². The van der Waals surface area contributed by atoms with Crippen LogP contribution in [0, 0.1) is 0 Å². The summed E-state index contributed by atoms with van der Waals surface area (Å²) in [6.45, 7) is 11.4. The second kappa shape index (κ2) is 6.82. The summed E-state index contributed by atoms with van der Waals surface area (Å²) in [5, 5.41) is 0.121. The summed E-state index contributed by atoms with van der Waals surface area (Å²) in [6, 6.07) is 0. The number of hydrogen-bond acceptors (Lipinski definition) is 5. The molecule has 2 atom stereocenters. The van der Waals surface area contributed by atoms with Crippen molar-refractivity contribution in [2.45, 2.75) is 89.0 Å². The second-order valence-electron chi connectivity index (χ2n) is 8.26. The van der Waals surface area contributed by atoms with Crippen molar-refractivity contribution in [2.24, 2.45) is 0 Å². The Hall–Kier alpha value is -0.433. The molecule has 1 spiro atoms. The molecular formula is C17H32O5Si. The molecule has 2 rings (SSSR count). The predicted molar refractivity (Wildman–Crippen MR) is 90.7 cm³/mol. The smallest absolute Gasteiger partial charge is 0.337 e. The number of carbonyl (C=O) groups is 1. The van der Waals surface area contributed by atoms with Gasteiger partial charge in [0.2, 0.25) is 0 Å². The van der Waals surface area contributed by atoms with E-state index in [2.05, 4.69) is 33.9 Å². The van der Waals surface area contributed by atoms with E-state index in [1.807, 2.05) is 0 Å². The monoisotopic (exact) mass is 344 g/mol. The fourth-order valence-electron chi connectivity index (χ4n) is 2.94. The maximum absolute atomic E-state index is 12.1. The lowest BCUT2D eigenvalue weighted by Gasteiger charge is -2.37. The molecule has 5 nitrogen and oxygen atoms in total. The molecule has 1 saturated carbocycles. The molecular weight excluding hydrogens is 312 g/mol. The Morgan fingerprint density at radius 3 is 2.30 bits per heavy atom. The first-order valence-corrected chi connectivity index (χ1v) is 11.6. The van der Waals surface area contributed by atoms with Gasteiger partial charge in [-0.1, -0.05) is 27.2 Å². The van der Waals surface area contributed by atoms with Crippen LogP contribution in [-0.4, -0.2) is 46.0 Å². The van der Waals surface area contributed by atoms with Crippen molar-refractivity contribution in [3.8, 4) is 0 Å². The van der Waals surface area contributed by atoms with Crippen molar-refractivity contribution in [1.29, 1.82) is 0 Å². The van der Waals surface area contributed by atoms with Gasteiger partial charge in [-0.2, -0.15) is 0 Å². The predicted octanol–water partition coefficient (Wildman–Crippen LogP) is 3.63. The van der Waals surface area contributed by atoms with Crippen LogP contribution < -0.4 is 0 Å². The maximum atomic E-state index is 12.1. The largest absolute Gasteiger partial charge is 0.467 e. The molecule has 0 radical (unpaired) electrons. The molecule has 0 amide bonds. The standard InChI is InChI=1S/C17H32O5Si/c1-16(2,3)23(5,6)20-12-13-14(15(18)19-4)22-17(21-13)10-8-7-9-11-17/h13-14H,7-12H2,1-6H3/t13-,14-/m1/s1. The highest BCUT2D eigenvalue weighted by molar-refractivity contribution is 6.74. The molecule has 0 bridgehead atoms. The topological polar surface area (TPSA) is 54.0 Å². The van der Waals surface area contributed by atoms with Gasteiger partial charge in [-0.25, -0.2) is 4.79 Å². The van der Waals surface area contributed by atoms with Crippen LogP contribution in [0.4, 0.5) is 0 Å². The first-order valence-electron chi connectivity index (χ1n) is 8.68. The van der Waals surface area contributed by atoms with Crippen LogP contribution >= 0.6 is 0 Å². The molecule has 1 saturated heterocycles. The molecule has 2 fully saturated rings. The summed E-state index contributed by atoms with van der Waals surface area (Å²) in [6.07, 6.45) is 3.97. The van der Waals surface area contributed by atoms with Crippen molar-refractivity contribution in [3.63, 3.8) is 0 Å². The fourth-order valence-corrected chi connectivity index (χ4v) is 3.96. The van der Waals surface area contributed by atoms with Crippen LogP contribution in [0.3, 0.4) is 0 Å². The van der Waals surface area contributed by atoms with Crippen LogP contribution in [-0.2, 0) is 23.4 Å². The third-order valence-corrected chi connectivity index (χ3v) is 10.0. The average Bonchev–Trinajstić information content (AvgIpc) is 2.82. The number of hydrogen-bond donors (Lipinski definition) is 0. The lowest BCUT2D eigenvalue weighted by atomic mass is 9.94. The van der Waals surface area contributed by atoms with E-state index >= 15 is 0 Å². The van der Waals surface area contributed by atoms with E-state index in [4.69, 9.17) is 18.6 Å². The Labute approximate surface area is 141 Å². The Balaban J connectivity index is 2.07. The van der Waals surface area contributed by atoms with Gasteiger partial charge in [-0.3, -0.25) is 0 Å². The Morgan fingerprint density at radius 1 is 1.17 bits per heavy atom. The van der Waals surface area contributed by atoms with Crippen LogP contribution in [0.1, 0.15) is 52.9 Å². The minimum atomic E-state index is -1.90. The highest BCUT2D eigenvalue weighted by Crippen LogP contribution is 2.42. The molecule has 0 unspecified atom stereocenters. The highest BCUT2D eigenvalue weighted by atomic mass is 28.4. The Morgan fingerprint density at radius 2 is 1.78 bits per heavy atom. The molecule has 23 heavy (non-hydrogen) atoms. The molecule has 1 aliphatic carbocycles. The number of rotatable bonds is 4. The van der Waals surface area contributed by atoms with Gasteiger partial charge in [0.05, 0.1) is 13.7 Å². The average molecular weight is 345 g/mol. The summed E-state index contributed by atoms with van der Waals surface area (Å²) in [5.74, 6) is -0.977. The molecule has 134 valence electrons. The highest BCUT2D eigenvalue weighted by Gasteiger charge is 2.52. The molecule has 1 aliphatic heterocycles. The number of methoxy groups -OCH3 is 1. The number of carbonyl (C=O) groups excluding carboxylic acids is 1. The first-order chi connectivity index (χ1) is 10.6. The van der Waals surface area contributed by atoms with E-state index in [0.29, 0.717) is 6.61 Å². The molecule has 1 heterocycles. The minimum Gasteiger partial charge on any atom is -0.467 e. The lowest BCUT2D eigenvalue weighted by Crippen LogP contribution is -2.45. The molecule has 0 aromatic heterocycles. The summed E-state index contributed by atoms with van der Waals surface area (Å²) in [7, 11) is -0.504. The lowest BCUT2D eigenvalue weighted by molar-refractivity contribution is -0.200. The second-order valence-corrected chi connectivity index (χ2v) is 13.1. The zero-order valence-electron chi connectivity index (χ0n) is 15.4. The first kappa shape index (κ1) is 18.9. The van der Waals surface area contributed by atoms with Crippen LogP contribution in [0.2, 0.25) is 18.1 Å². The van der Waals surface area contributed by atoms with E-state index in [9.17, 15) is 4.79 Å². The Kier molecular flexibility index (Phi) is 5.61. The van der Waals surface area contributed by atoms with Crippen molar-refractivity contribution >= 4 is 14.3 Å². The number of ether oxygens (including phenoxy) is 3. The van der Waals surface area contributed by atoms with Gasteiger partial charge in [0, 0.05) is 12.8 Å². The normalized spacial score (nSPS) is 28.1. The van der Waals surface area contributed by atoms with Gasteiger partial charge in [0.15, 0.2) is 20.2 Å². The van der Waals surface area contributed by atoms with Crippen molar-refractivity contribution in [1.82, 2.24) is 0 Å². The van der Waals surface area contributed by atoms with Gasteiger partial charge in [0.1, 0.15) is 6.10 Å². The van der Waals surface area contributed by atoms with Crippen molar-refractivity contribution in [3.05, 3.63) is 0 Å². The summed E-state index contributed by atoms with van der Waals surface area (Å²) < 4.78 is 23.4.